The van der Waals surface area contributed by atoms with Gasteiger partial charge in [-0.2, -0.15) is 26.3 Å². The summed E-state index contributed by atoms with van der Waals surface area (Å²) in [7, 11) is 0. The highest BCUT2D eigenvalue weighted by Crippen LogP contribution is 2.61. The second-order valence-corrected chi connectivity index (χ2v) is 9.38. The van der Waals surface area contributed by atoms with E-state index in [0.29, 0.717) is 6.42 Å². The monoisotopic (exact) mass is 362 g/mol. The average molecular weight is 362 g/mol. The van der Waals surface area contributed by atoms with Crippen molar-refractivity contribution in [3.05, 3.63) is 0 Å². The number of alkyl halides is 6. The molecule has 0 aromatic carbocycles. The van der Waals surface area contributed by atoms with Gasteiger partial charge in [0.15, 0.2) is 0 Å². The molecule has 144 valence electrons. The molecule has 1 fully saturated rings. The SMILES string of the molecule is CC(C)(C)CC(C)(C1CC1OC(C(F)(F)F)C(F)(F)F)C(C)(C)C. The Balaban J connectivity index is 2.98. The predicted octanol–water partition coefficient (Wildman–Crippen LogP) is 6.37. The average Bonchev–Trinajstić information content (AvgIpc) is 2.97. The number of halogens is 6. The fourth-order valence-corrected chi connectivity index (χ4v) is 3.56. The minimum Gasteiger partial charge on any atom is -0.357 e. The van der Waals surface area contributed by atoms with Gasteiger partial charge in [-0.05, 0) is 35.0 Å². The molecule has 1 saturated carbocycles. The van der Waals surface area contributed by atoms with E-state index in [1.807, 2.05) is 48.5 Å². The molecule has 1 rings (SSSR count). The van der Waals surface area contributed by atoms with Gasteiger partial charge in [-0.15, -0.1) is 0 Å². The Hall–Kier alpha value is -0.460. The van der Waals surface area contributed by atoms with E-state index in [0.717, 1.165) is 0 Å². The maximum absolute atomic E-state index is 12.7. The Kier molecular flexibility index (Phi) is 5.45. The molecule has 1 nitrogen and oxygen atoms in total. The van der Waals surface area contributed by atoms with Crippen LogP contribution < -0.4 is 0 Å². The van der Waals surface area contributed by atoms with Crippen LogP contribution in [-0.4, -0.2) is 24.6 Å². The molecule has 0 N–H and O–H groups in total. The van der Waals surface area contributed by atoms with Crippen molar-refractivity contribution in [2.24, 2.45) is 22.2 Å². The highest BCUT2D eigenvalue weighted by Gasteiger charge is 2.63. The molecular weight excluding hydrogens is 334 g/mol. The van der Waals surface area contributed by atoms with Gasteiger partial charge in [-0.1, -0.05) is 48.5 Å². The Morgan fingerprint density at radius 1 is 0.833 bits per heavy atom. The summed E-state index contributed by atoms with van der Waals surface area (Å²) >= 11 is 0. The van der Waals surface area contributed by atoms with Gasteiger partial charge >= 0.3 is 12.4 Å². The molecule has 0 aromatic rings. The van der Waals surface area contributed by atoms with Crippen LogP contribution in [-0.2, 0) is 4.74 Å². The Bertz CT molecular complexity index is 426. The van der Waals surface area contributed by atoms with E-state index >= 15 is 0 Å². The summed E-state index contributed by atoms with van der Waals surface area (Å²) in [4.78, 5) is 0. The zero-order valence-corrected chi connectivity index (χ0v) is 15.3. The van der Waals surface area contributed by atoms with Crippen molar-refractivity contribution >= 4 is 0 Å². The predicted molar refractivity (Wildman–Crippen MR) is 80.5 cm³/mol. The van der Waals surface area contributed by atoms with Crippen molar-refractivity contribution < 1.29 is 31.1 Å². The second kappa shape index (κ2) is 6.06. The summed E-state index contributed by atoms with van der Waals surface area (Å²) in [6.07, 6.45) is -14.7. The van der Waals surface area contributed by atoms with Crippen molar-refractivity contribution in [3.63, 3.8) is 0 Å². The minimum absolute atomic E-state index is 0.0946. The van der Waals surface area contributed by atoms with Gasteiger partial charge in [-0.3, -0.25) is 0 Å². The summed E-state index contributed by atoms with van der Waals surface area (Å²) in [6, 6.07) is 0. The summed E-state index contributed by atoms with van der Waals surface area (Å²) < 4.78 is 80.6. The van der Waals surface area contributed by atoms with E-state index in [1.165, 1.54) is 0 Å². The quantitative estimate of drug-likeness (QED) is 0.528. The largest absolute Gasteiger partial charge is 0.423 e. The maximum atomic E-state index is 12.7. The van der Waals surface area contributed by atoms with Crippen molar-refractivity contribution in [1.29, 1.82) is 0 Å². The second-order valence-electron chi connectivity index (χ2n) is 9.38. The third kappa shape index (κ3) is 5.02. The van der Waals surface area contributed by atoms with E-state index < -0.39 is 30.0 Å². The zero-order valence-electron chi connectivity index (χ0n) is 15.3. The first-order valence-corrected chi connectivity index (χ1v) is 8.08. The standard InChI is InChI=1S/C17H28F6O/c1-13(2,3)9-15(7,14(4,5)6)10-8-11(10)24-12(16(18,19)20)17(21,22)23/h10-12H,8-9H2,1-7H3. The van der Waals surface area contributed by atoms with Gasteiger partial charge in [0, 0.05) is 0 Å². The normalized spacial score (nSPS) is 25.8. The molecule has 0 bridgehead atoms. The molecule has 0 aromatic heterocycles. The zero-order chi connectivity index (χ0) is 19.4. The van der Waals surface area contributed by atoms with Gasteiger partial charge in [0.25, 0.3) is 0 Å². The van der Waals surface area contributed by atoms with Crippen LogP contribution in [0.1, 0.15) is 61.3 Å². The molecule has 0 heterocycles. The molecule has 0 spiro atoms. The van der Waals surface area contributed by atoms with Crippen molar-refractivity contribution in [1.82, 2.24) is 0 Å². The molecule has 0 radical (unpaired) electrons. The maximum Gasteiger partial charge on any atom is 0.423 e. The lowest BCUT2D eigenvalue weighted by atomic mass is 9.58. The molecule has 1 aliphatic rings. The van der Waals surface area contributed by atoms with Crippen molar-refractivity contribution in [2.75, 3.05) is 0 Å². The number of rotatable bonds is 4. The molecule has 0 aliphatic heterocycles. The third-order valence-electron chi connectivity index (χ3n) is 5.07. The topological polar surface area (TPSA) is 9.23 Å². The van der Waals surface area contributed by atoms with Crippen LogP contribution in [0.5, 0.6) is 0 Å². The van der Waals surface area contributed by atoms with Gasteiger partial charge in [0.05, 0.1) is 6.10 Å². The lowest BCUT2D eigenvalue weighted by molar-refractivity contribution is -0.326. The van der Waals surface area contributed by atoms with Crippen LogP contribution in [0, 0.1) is 22.2 Å². The van der Waals surface area contributed by atoms with Gasteiger partial charge in [0.1, 0.15) is 0 Å². The van der Waals surface area contributed by atoms with Crippen LogP contribution >= 0.6 is 0 Å². The molecule has 3 unspecified atom stereocenters. The molecule has 3 atom stereocenters. The minimum atomic E-state index is -5.45. The van der Waals surface area contributed by atoms with Crippen LogP contribution in [0.3, 0.4) is 0 Å². The van der Waals surface area contributed by atoms with Crippen molar-refractivity contribution in [3.8, 4) is 0 Å². The fraction of sp³-hybridized carbons (Fsp3) is 1.00. The molecule has 24 heavy (non-hydrogen) atoms. The summed E-state index contributed by atoms with van der Waals surface area (Å²) in [5, 5.41) is 0. The number of ether oxygens (including phenoxy) is 1. The van der Waals surface area contributed by atoms with Crippen LogP contribution in [0.4, 0.5) is 26.3 Å². The summed E-state index contributed by atoms with van der Waals surface area (Å²) in [6.45, 7) is 13.9. The highest BCUT2D eigenvalue weighted by atomic mass is 19.4. The van der Waals surface area contributed by atoms with E-state index in [2.05, 4.69) is 4.74 Å². The van der Waals surface area contributed by atoms with E-state index in [4.69, 9.17) is 0 Å². The Morgan fingerprint density at radius 3 is 1.54 bits per heavy atom. The molecular formula is C17H28F6O. The summed E-state index contributed by atoms with van der Waals surface area (Å²) in [5.41, 5.74) is -0.782. The van der Waals surface area contributed by atoms with Crippen molar-refractivity contribution in [2.45, 2.75) is 85.9 Å². The first-order chi connectivity index (χ1) is 10.3. The third-order valence-corrected chi connectivity index (χ3v) is 5.07. The molecule has 0 amide bonds. The van der Waals surface area contributed by atoms with Gasteiger partial charge in [-0.25, -0.2) is 0 Å². The van der Waals surface area contributed by atoms with E-state index in [1.54, 1.807) is 0 Å². The van der Waals surface area contributed by atoms with Gasteiger partial charge < -0.3 is 4.74 Å². The van der Waals surface area contributed by atoms with Crippen LogP contribution in [0.25, 0.3) is 0 Å². The molecule has 1 aliphatic carbocycles. The lowest BCUT2D eigenvalue weighted by Gasteiger charge is -2.47. The molecule has 7 heteroatoms. The van der Waals surface area contributed by atoms with Crippen LogP contribution in [0.2, 0.25) is 0 Å². The number of hydrogen-bond acceptors (Lipinski definition) is 1. The van der Waals surface area contributed by atoms with Crippen LogP contribution in [0.15, 0.2) is 0 Å². The Morgan fingerprint density at radius 2 is 1.25 bits per heavy atom. The van der Waals surface area contributed by atoms with Gasteiger partial charge in [0.2, 0.25) is 6.10 Å². The number of hydrogen-bond donors (Lipinski definition) is 0. The highest BCUT2D eigenvalue weighted by molar-refractivity contribution is 5.06. The first-order valence-electron chi connectivity index (χ1n) is 8.08. The Labute approximate surface area is 140 Å². The smallest absolute Gasteiger partial charge is 0.357 e. The van der Waals surface area contributed by atoms with E-state index in [-0.39, 0.29) is 23.2 Å². The fourth-order valence-electron chi connectivity index (χ4n) is 3.56. The first kappa shape index (κ1) is 21.6. The molecule has 0 saturated heterocycles. The summed E-state index contributed by atoms with van der Waals surface area (Å²) in [5.74, 6) is -0.316. The lowest BCUT2D eigenvalue weighted by Crippen LogP contribution is -2.46. The van der Waals surface area contributed by atoms with E-state index in [9.17, 15) is 26.3 Å².